The minimum Gasteiger partial charge on any atom is -0.228 e. The summed E-state index contributed by atoms with van der Waals surface area (Å²) in [6.45, 7) is 0. The van der Waals surface area contributed by atoms with Crippen molar-refractivity contribution >= 4 is 31.5 Å². The van der Waals surface area contributed by atoms with Crippen molar-refractivity contribution < 1.29 is 0 Å². The standard InChI is InChI=1S/C65H42N2S/c1-5-21-43(22-6-1)50-29-13-14-30-51(50)45-39-46(52-33-19-34-54-53-31-16-18-38-61(53)68-63(52)54)41-47(40-45)59-42-60(67-64(66-59)44-23-7-2-8-24-44)56-35-20-37-58-62(56)55-32-15-17-36-57(55)65(58,48-25-9-3-10-26-48)49-27-11-4-12-28-49/h1-42H. The molecule has 0 radical (unpaired) electrons. The maximum absolute atomic E-state index is 5.51. The Balaban J connectivity index is 1.08. The molecule has 0 aliphatic heterocycles. The molecule has 0 saturated carbocycles. The van der Waals surface area contributed by atoms with Crippen LogP contribution in [0.2, 0.25) is 0 Å². The SMILES string of the molecule is c1ccc(-c2nc(-c3cc(-c4ccccc4-c4ccccc4)cc(-c4cccc5c4sc4ccccc45)c3)cc(-c3cccc4c3-c3ccccc3C4(c3ccccc3)c3ccccc3)n2)cc1. The van der Waals surface area contributed by atoms with Crippen molar-refractivity contribution in [2.45, 2.75) is 5.41 Å². The fourth-order valence-electron chi connectivity index (χ4n) is 10.8. The quantitative estimate of drug-likeness (QED) is 0.152. The first-order valence-corrected chi connectivity index (χ1v) is 24.0. The molecule has 0 N–H and O–H groups in total. The zero-order valence-corrected chi connectivity index (χ0v) is 37.9. The molecule has 2 aromatic heterocycles. The van der Waals surface area contributed by atoms with Gasteiger partial charge in [-0.2, -0.15) is 0 Å². The normalized spacial score (nSPS) is 12.5. The Hall–Kier alpha value is -8.50. The number of hydrogen-bond donors (Lipinski definition) is 0. The largest absolute Gasteiger partial charge is 0.228 e. The van der Waals surface area contributed by atoms with E-state index < -0.39 is 5.41 Å². The summed E-state index contributed by atoms with van der Waals surface area (Å²) in [5.74, 6) is 0.683. The van der Waals surface area contributed by atoms with Crippen LogP contribution >= 0.6 is 11.3 Å². The molecule has 68 heavy (non-hydrogen) atoms. The van der Waals surface area contributed by atoms with Crippen molar-refractivity contribution in [2.75, 3.05) is 0 Å². The second-order valence-corrected chi connectivity index (χ2v) is 18.6. The van der Waals surface area contributed by atoms with Crippen molar-refractivity contribution in [1.82, 2.24) is 9.97 Å². The molecule has 2 nitrogen and oxygen atoms in total. The van der Waals surface area contributed by atoms with Crippen LogP contribution in [-0.2, 0) is 5.41 Å². The van der Waals surface area contributed by atoms with Gasteiger partial charge < -0.3 is 0 Å². The second-order valence-electron chi connectivity index (χ2n) is 17.6. The van der Waals surface area contributed by atoms with Crippen LogP contribution < -0.4 is 0 Å². The molecule has 2 heterocycles. The summed E-state index contributed by atoms with van der Waals surface area (Å²) in [5, 5.41) is 2.56. The molecule has 3 heteroatoms. The molecule has 12 aromatic rings. The van der Waals surface area contributed by atoms with E-state index in [1.54, 1.807) is 0 Å². The van der Waals surface area contributed by atoms with Gasteiger partial charge in [-0.1, -0.05) is 224 Å². The number of aromatic nitrogens is 2. The van der Waals surface area contributed by atoms with Crippen LogP contribution in [0.25, 0.3) is 98.6 Å². The van der Waals surface area contributed by atoms with Gasteiger partial charge in [0, 0.05) is 36.9 Å². The number of nitrogens with zero attached hydrogens (tertiary/aromatic N) is 2. The van der Waals surface area contributed by atoms with Crippen molar-refractivity contribution in [1.29, 1.82) is 0 Å². The van der Waals surface area contributed by atoms with Gasteiger partial charge in [0.2, 0.25) is 0 Å². The lowest BCUT2D eigenvalue weighted by molar-refractivity contribution is 0.768. The molecule has 0 saturated heterocycles. The molecule has 0 unspecified atom stereocenters. The third-order valence-corrected chi connectivity index (χ3v) is 15.0. The lowest BCUT2D eigenvalue weighted by Crippen LogP contribution is -2.28. The molecule has 0 fully saturated rings. The van der Waals surface area contributed by atoms with Gasteiger partial charge in [0.25, 0.3) is 0 Å². The molecule has 0 spiro atoms. The van der Waals surface area contributed by atoms with Gasteiger partial charge in [0.15, 0.2) is 5.82 Å². The van der Waals surface area contributed by atoms with Gasteiger partial charge >= 0.3 is 0 Å². The number of hydrogen-bond acceptors (Lipinski definition) is 3. The highest BCUT2D eigenvalue weighted by Crippen LogP contribution is 2.58. The lowest BCUT2D eigenvalue weighted by Gasteiger charge is -2.33. The minimum atomic E-state index is -0.536. The topological polar surface area (TPSA) is 25.8 Å². The van der Waals surface area contributed by atoms with Crippen LogP contribution in [-0.4, -0.2) is 9.97 Å². The fraction of sp³-hybridized carbons (Fsp3) is 0.0154. The highest BCUT2D eigenvalue weighted by atomic mass is 32.1. The van der Waals surface area contributed by atoms with E-state index in [9.17, 15) is 0 Å². The Morgan fingerprint density at radius 3 is 1.51 bits per heavy atom. The van der Waals surface area contributed by atoms with Gasteiger partial charge in [0.05, 0.1) is 16.8 Å². The van der Waals surface area contributed by atoms with Crippen molar-refractivity contribution in [3.05, 3.63) is 277 Å². The maximum Gasteiger partial charge on any atom is 0.160 e. The summed E-state index contributed by atoms with van der Waals surface area (Å²) >= 11 is 1.86. The average molecular weight is 883 g/mol. The molecular weight excluding hydrogens is 841 g/mol. The summed E-state index contributed by atoms with van der Waals surface area (Å²) in [5.41, 5.74) is 18.7. The third kappa shape index (κ3) is 6.46. The van der Waals surface area contributed by atoms with E-state index in [-0.39, 0.29) is 0 Å². The van der Waals surface area contributed by atoms with E-state index in [1.807, 2.05) is 11.3 Å². The monoisotopic (exact) mass is 882 g/mol. The molecule has 0 amide bonds. The zero-order valence-electron chi connectivity index (χ0n) is 37.1. The van der Waals surface area contributed by atoms with Crippen LogP contribution in [0.1, 0.15) is 22.3 Å². The number of benzene rings is 10. The number of thiophene rings is 1. The second kappa shape index (κ2) is 16.4. The van der Waals surface area contributed by atoms with Crippen LogP contribution in [0, 0.1) is 0 Å². The highest BCUT2D eigenvalue weighted by molar-refractivity contribution is 7.26. The van der Waals surface area contributed by atoms with E-state index in [2.05, 4.69) is 255 Å². The van der Waals surface area contributed by atoms with Crippen LogP contribution in [0.15, 0.2) is 255 Å². The Morgan fingerprint density at radius 1 is 0.309 bits per heavy atom. The van der Waals surface area contributed by atoms with Crippen molar-refractivity contribution in [3.63, 3.8) is 0 Å². The van der Waals surface area contributed by atoms with Crippen LogP contribution in [0.5, 0.6) is 0 Å². The summed E-state index contributed by atoms with van der Waals surface area (Å²) < 4.78 is 2.56. The first kappa shape index (κ1) is 39.8. The summed E-state index contributed by atoms with van der Waals surface area (Å²) in [6, 6.07) is 92.4. The molecule has 10 aromatic carbocycles. The highest BCUT2D eigenvalue weighted by Gasteiger charge is 2.46. The predicted octanol–water partition coefficient (Wildman–Crippen LogP) is 17.2. The minimum absolute atomic E-state index is 0.536. The van der Waals surface area contributed by atoms with E-state index in [4.69, 9.17) is 9.97 Å². The Bertz CT molecular complexity index is 3800. The third-order valence-electron chi connectivity index (χ3n) is 13.8. The van der Waals surface area contributed by atoms with Crippen molar-refractivity contribution in [3.8, 4) is 78.4 Å². The average Bonchev–Trinajstić information content (AvgIpc) is 3.96. The lowest BCUT2D eigenvalue weighted by atomic mass is 9.67. The predicted molar refractivity (Wildman–Crippen MR) is 285 cm³/mol. The van der Waals surface area contributed by atoms with E-state index >= 15 is 0 Å². The van der Waals surface area contributed by atoms with Gasteiger partial charge in [-0.3, -0.25) is 0 Å². The van der Waals surface area contributed by atoms with Gasteiger partial charge in [-0.05, 0) is 97.1 Å². The fourth-order valence-corrected chi connectivity index (χ4v) is 12.1. The Kier molecular flexibility index (Phi) is 9.62. The molecule has 1 aliphatic rings. The number of fused-ring (bicyclic) bond motifs is 6. The van der Waals surface area contributed by atoms with Gasteiger partial charge in [-0.25, -0.2) is 9.97 Å². The molecule has 0 bridgehead atoms. The van der Waals surface area contributed by atoms with E-state index in [1.165, 1.54) is 75.8 Å². The number of rotatable bonds is 8. The smallest absolute Gasteiger partial charge is 0.160 e. The maximum atomic E-state index is 5.51. The van der Waals surface area contributed by atoms with E-state index in [0.29, 0.717) is 5.82 Å². The van der Waals surface area contributed by atoms with Crippen LogP contribution in [0.3, 0.4) is 0 Å². The summed E-state index contributed by atoms with van der Waals surface area (Å²) in [7, 11) is 0. The van der Waals surface area contributed by atoms with Crippen LogP contribution in [0.4, 0.5) is 0 Å². The first-order valence-electron chi connectivity index (χ1n) is 23.2. The molecule has 1 aliphatic carbocycles. The summed E-state index contributed by atoms with van der Waals surface area (Å²) in [6.07, 6.45) is 0. The molecular formula is C65H42N2S. The first-order chi connectivity index (χ1) is 33.7. The Labute approximate surface area is 400 Å². The van der Waals surface area contributed by atoms with E-state index in [0.717, 1.165) is 39.2 Å². The van der Waals surface area contributed by atoms with Gasteiger partial charge in [-0.15, -0.1) is 11.3 Å². The molecule has 0 atom stereocenters. The molecule has 318 valence electrons. The summed E-state index contributed by atoms with van der Waals surface area (Å²) in [4.78, 5) is 11.0. The van der Waals surface area contributed by atoms with Crippen molar-refractivity contribution in [2.24, 2.45) is 0 Å². The molecule has 13 rings (SSSR count). The Morgan fingerprint density at radius 2 is 0.794 bits per heavy atom. The zero-order chi connectivity index (χ0) is 45.0. The van der Waals surface area contributed by atoms with Gasteiger partial charge in [0.1, 0.15) is 0 Å².